The van der Waals surface area contributed by atoms with Crippen LogP contribution in [0.25, 0.3) is 11.0 Å². The molecule has 0 saturated carbocycles. The summed E-state index contributed by atoms with van der Waals surface area (Å²) in [5, 5.41) is 9.81. The molecule has 33 heavy (non-hydrogen) atoms. The van der Waals surface area contributed by atoms with Crippen LogP contribution in [0.1, 0.15) is 37.6 Å². The number of nitrogens with zero attached hydrogens (tertiary/aromatic N) is 5. The first-order chi connectivity index (χ1) is 15.8. The minimum Gasteiger partial charge on any atom is -0.457 e. The van der Waals surface area contributed by atoms with E-state index in [4.69, 9.17) is 4.74 Å². The third-order valence-corrected chi connectivity index (χ3v) is 5.43. The summed E-state index contributed by atoms with van der Waals surface area (Å²) in [5.41, 5.74) is 5.59. The van der Waals surface area contributed by atoms with Crippen molar-refractivity contribution in [3.05, 3.63) is 71.5 Å². The van der Waals surface area contributed by atoms with Gasteiger partial charge in [-0.2, -0.15) is 5.10 Å². The molecule has 0 fully saturated rings. The molecule has 1 N–H and O–H groups in total. The molecule has 2 aromatic heterocycles. The Labute approximate surface area is 194 Å². The van der Waals surface area contributed by atoms with Crippen molar-refractivity contribution in [2.24, 2.45) is 11.0 Å². The number of allylic oxidation sites excluding steroid dienone is 1. The van der Waals surface area contributed by atoms with E-state index in [9.17, 15) is 0 Å². The topological polar surface area (TPSA) is 75.5 Å². The monoisotopic (exact) mass is 442 g/mol. The number of pyridine rings is 1. The van der Waals surface area contributed by atoms with Gasteiger partial charge < -0.3 is 10.1 Å². The Hall–Kier alpha value is -3.74. The normalized spacial score (nSPS) is 16.0. The molecule has 7 nitrogen and oxygen atoms in total. The average Bonchev–Trinajstić information content (AvgIpc) is 2.76. The highest BCUT2D eigenvalue weighted by atomic mass is 16.5. The third-order valence-electron chi connectivity index (χ3n) is 5.43. The zero-order chi connectivity index (χ0) is 23.5. The Morgan fingerprint density at radius 2 is 1.94 bits per heavy atom. The molecule has 3 aromatic rings. The largest absolute Gasteiger partial charge is 0.457 e. The van der Waals surface area contributed by atoms with Gasteiger partial charge in [-0.05, 0) is 81.2 Å². The van der Waals surface area contributed by atoms with Crippen molar-refractivity contribution in [2.75, 3.05) is 5.32 Å². The minimum absolute atomic E-state index is 0.117. The first kappa shape index (κ1) is 22.5. The third kappa shape index (κ3) is 5.19. The molecule has 0 aliphatic carbocycles. The zero-order valence-electron chi connectivity index (χ0n) is 20.0. The molecular formula is C26H30N6O. The minimum atomic E-state index is 0.117. The van der Waals surface area contributed by atoms with Crippen LogP contribution >= 0.6 is 0 Å². The molecule has 1 unspecified atom stereocenters. The van der Waals surface area contributed by atoms with E-state index in [1.54, 1.807) is 6.33 Å². The Balaban J connectivity index is 1.50. The molecular weight excluding hydrogens is 412 g/mol. The Kier molecular flexibility index (Phi) is 6.40. The van der Waals surface area contributed by atoms with Gasteiger partial charge in [0.25, 0.3) is 0 Å². The second-order valence-corrected chi connectivity index (χ2v) is 8.70. The molecule has 7 heteroatoms. The van der Waals surface area contributed by atoms with Crippen LogP contribution in [0.5, 0.6) is 5.75 Å². The standard InChI is InChI=1S/C26H30N6O/c1-16(2)14-29-32-10-9-22(13-19(32)5)33-24-8-7-21(11-18(24)4)31-26-25-23(27-15-28-26)12-17(3)20(6)30-25/h7-16,19H,1-6H3,(H,27,28,31)/b29-14-. The lowest BCUT2D eigenvalue weighted by Crippen LogP contribution is -2.25. The quantitative estimate of drug-likeness (QED) is 0.485. The van der Waals surface area contributed by atoms with Gasteiger partial charge in [0.1, 0.15) is 23.4 Å². The number of ether oxygens (including phenoxy) is 1. The van der Waals surface area contributed by atoms with Crippen molar-refractivity contribution < 1.29 is 4.74 Å². The van der Waals surface area contributed by atoms with Crippen LogP contribution in [0.2, 0.25) is 0 Å². The number of benzene rings is 1. The maximum absolute atomic E-state index is 6.16. The van der Waals surface area contributed by atoms with E-state index in [0.717, 1.165) is 45.1 Å². The molecule has 3 heterocycles. The summed E-state index contributed by atoms with van der Waals surface area (Å²) in [6, 6.07) is 8.14. The molecule has 1 aromatic carbocycles. The molecule has 4 rings (SSSR count). The maximum Gasteiger partial charge on any atom is 0.160 e. The fourth-order valence-corrected chi connectivity index (χ4v) is 3.45. The molecule has 0 saturated heterocycles. The van der Waals surface area contributed by atoms with E-state index >= 15 is 0 Å². The molecule has 1 aliphatic rings. The van der Waals surface area contributed by atoms with Crippen LogP contribution in [0.4, 0.5) is 11.5 Å². The fraction of sp³-hybridized carbons (Fsp3) is 0.308. The highest BCUT2D eigenvalue weighted by Crippen LogP contribution is 2.28. The van der Waals surface area contributed by atoms with Gasteiger partial charge in [0, 0.05) is 23.8 Å². The number of rotatable bonds is 6. The smallest absolute Gasteiger partial charge is 0.160 e. The van der Waals surface area contributed by atoms with Gasteiger partial charge in [-0.25, -0.2) is 15.0 Å². The number of aromatic nitrogens is 3. The number of aryl methyl sites for hydroxylation is 3. The van der Waals surface area contributed by atoms with Crippen molar-refractivity contribution >= 4 is 28.8 Å². The van der Waals surface area contributed by atoms with E-state index in [2.05, 4.69) is 52.2 Å². The van der Waals surface area contributed by atoms with E-state index in [1.807, 2.05) is 68.5 Å². The number of hydrogen-bond acceptors (Lipinski definition) is 7. The number of hydrazone groups is 1. The number of nitrogens with one attached hydrogen (secondary N) is 1. The van der Waals surface area contributed by atoms with E-state index in [0.29, 0.717) is 11.7 Å². The molecule has 0 spiro atoms. The summed E-state index contributed by atoms with van der Waals surface area (Å²) in [7, 11) is 0. The molecule has 0 amide bonds. The van der Waals surface area contributed by atoms with Crippen molar-refractivity contribution in [1.29, 1.82) is 0 Å². The predicted molar refractivity (Wildman–Crippen MR) is 134 cm³/mol. The lowest BCUT2D eigenvalue weighted by atomic mass is 10.1. The van der Waals surface area contributed by atoms with Crippen LogP contribution < -0.4 is 10.1 Å². The summed E-state index contributed by atoms with van der Waals surface area (Å²) in [4.78, 5) is 13.4. The van der Waals surface area contributed by atoms with Gasteiger partial charge in [-0.1, -0.05) is 13.8 Å². The molecule has 170 valence electrons. The Morgan fingerprint density at radius 3 is 2.67 bits per heavy atom. The summed E-state index contributed by atoms with van der Waals surface area (Å²) >= 11 is 0. The summed E-state index contributed by atoms with van der Waals surface area (Å²) in [6.45, 7) is 12.4. The van der Waals surface area contributed by atoms with E-state index in [1.165, 1.54) is 0 Å². The van der Waals surface area contributed by atoms with Gasteiger partial charge in [-0.15, -0.1) is 0 Å². The van der Waals surface area contributed by atoms with Gasteiger partial charge in [0.15, 0.2) is 5.82 Å². The number of anilines is 2. The van der Waals surface area contributed by atoms with Gasteiger partial charge >= 0.3 is 0 Å². The van der Waals surface area contributed by atoms with E-state index in [-0.39, 0.29) is 6.04 Å². The lowest BCUT2D eigenvalue weighted by molar-refractivity contribution is 0.329. The van der Waals surface area contributed by atoms with Crippen molar-refractivity contribution in [2.45, 2.75) is 47.6 Å². The molecule has 1 atom stereocenters. The second kappa shape index (κ2) is 9.40. The highest BCUT2D eigenvalue weighted by molar-refractivity contribution is 5.87. The Bertz CT molecular complexity index is 1260. The highest BCUT2D eigenvalue weighted by Gasteiger charge is 2.14. The van der Waals surface area contributed by atoms with Crippen LogP contribution in [0.15, 0.2) is 59.8 Å². The predicted octanol–water partition coefficient (Wildman–Crippen LogP) is 5.82. The summed E-state index contributed by atoms with van der Waals surface area (Å²) in [5.74, 6) is 2.70. The average molecular weight is 443 g/mol. The van der Waals surface area contributed by atoms with Crippen LogP contribution in [-0.2, 0) is 0 Å². The SMILES string of the molecule is Cc1cc(Nc2ncnc3cc(C)c(C)nc23)ccc1OC1=CC(C)N(/N=C\C(C)C)C=C1. The van der Waals surface area contributed by atoms with Gasteiger partial charge in [0.2, 0.25) is 0 Å². The van der Waals surface area contributed by atoms with E-state index < -0.39 is 0 Å². The van der Waals surface area contributed by atoms with Crippen molar-refractivity contribution in [3.63, 3.8) is 0 Å². The van der Waals surface area contributed by atoms with Gasteiger partial charge in [-0.3, -0.25) is 5.01 Å². The molecule has 0 bridgehead atoms. The van der Waals surface area contributed by atoms with Crippen LogP contribution in [0, 0.1) is 26.7 Å². The van der Waals surface area contributed by atoms with Crippen LogP contribution in [-0.4, -0.2) is 32.2 Å². The van der Waals surface area contributed by atoms with Crippen molar-refractivity contribution in [1.82, 2.24) is 20.0 Å². The Morgan fingerprint density at radius 1 is 1.12 bits per heavy atom. The molecule has 0 radical (unpaired) electrons. The van der Waals surface area contributed by atoms with Gasteiger partial charge in [0.05, 0.1) is 11.6 Å². The first-order valence-electron chi connectivity index (χ1n) is 11.2. The number of fused-ring (bicyclic) bond motifs is 1. The maximum atomic E-state index is 6.16. The van der Waals surface area contributed by atoms with Crippen LogP contribution in [0.3, 0.4) is 0 Å². The summed E-state index contributed by atoms with van der Waals surface area (Å²) in [6.07, 6.45) is 9.44. The fourth-order valence-electron chi connectivity index (χ4n) is 3.45. The van der Waals surface area contributed by atoms with Crippen molar-refractivity contribution in [3.8, 4) is 5.75 Å². The second-order valence-electron chi connectivity index (χ2n) is 8.70. The number of hydrogen-bond donors (Lipinski definition) is 1. The lowest BCUT2D eigenvalue weighted by Gasteiger charge is -2.25. The zero-order valence-corrected chi connectivity index (χ0v) is 20.0. The first-order valence-corrected chi connectivity index (χ1v) is 11.2. The summed E-state index contributed by atoms with van der Waals surface area (Å²) < 4.78 is 6.16. The molecule has 1 aliphatic heterocycles.